The Balaban J connectivity index is 1.36. The van der Waals surface area contributed by atoms with Gasteiger partial charge in [-0.3, -0.25) is 4.79 Å². The van der Waals surface area contributed by atoms with Crippen LogP contribution in [0.2, 0.25) is 5.02 Å². The van der Waals surface area contributed by atoms with Crippen LogP contribution in [0.1, 0.15) is 18.1 Å². The predicted octanol–water partition coefficient (Wildman–Crippen LogP) is 6.46. The molecule has 1 aromatic heterocycles. The average Bonchev–Trinajstić information content (AvgIpc) is 3.27. The molecule has 1 heterocycles. The number of hydrogen-bond acceptors (Lipinski definition) is 7. The van der Waals surface area contributed by atoms with Crippen molar-refractivity contribution in [2.24, 2.45) is 5.10 Å². The number of rotatable bonds is 10. The molecule has 35 heavy (non-hydrogen) atoms. The maximum Gasteiger partial charge on any atom is 0.257 e. The highest BCUT2D eigenvalue weighted by molar-refractivity contribution is 9.10. The number of thioether (sulfide) groups is 1. The molecule has 0 spiro atoms. The number of carbonyl (C=O) groups is 1. The molecule has 0 fully saturated rings. The molecule has 0 aliphatic carbocycles. The zero-order chi connectivity index (χ0) is 24.6. The van der Waals surface area contributed by atoms with E-state index < -0.39 is 0 Å². The lowest BCUT2D eigenvalue weighted by Gasteiger charge is -2.15. The largest absolute Gasteiger partial charge is 0.490 e. The highest BCUT2D eigenvalue weighted by Gasteiger charge is 2.13. The van der Waals surface area contributed by atoms with Gasteiger partial charge in [-0.25, -0.2) is 10.4 Å². The minimum atomic E-state index is -0.280. The van der Waals surface area contributed by atoms with E-state index in [1.807, 2.05) is 61.5 Å². The summed E-state index contributed by atoms with van der Waals surface area (Å²) in [5.74, 6) is 0.945. The fourth-order valence-corrected chi connectivity index (χ4v) is 4.48. The maximum absolute atomic E-state index is 12.2. The van der Waals surface area contributed by atoms with Crippen LogP contribution >= 0.6 is 39.3 Å². The summed E-state index contributed by atoms with van der Waals surface area (Å²) in [5.41, 5.74) is 5.54. The van der Waals surface area contributed by atoms with Crippen LogP contribution in [0.5, 0.6) is 11.5 Å². The minimum absolute atomic E-state index is 0.118. The molecule has 1 N–H and O–H groups in total. The number of hydrogen-bond donors (Lipinski definition) is 1. The van der Waals surface area contributed by atoms with Crippen molar-refractivity contribution < 1.29 is 18.7 Å². The van der Waals surface area contributed by atoms with E-state index >= 15 is 0 Å². The normalized spacial score (nSPS) is 11.2. The van der Waals surface area contributed by atoms with E-state index in [-0.39, 0.29) is 11.7 Å². The standard InChI is InChI=1S/C25H21BrClN3O4S/c1-2-32-22-12-16(11-18(26)24(22)33-14-17-7-3-4-8-19(17)27)13-28-30-23(31)15-35-25-29-20-9-5-6-10-21(20)34-25/h3-13H,2,14-15H2,1H3,(H,30,31)/b28-13-. The van der Waals surface area contributed by atoms with Gasteiger partial charge in [-0.1, -0.05) is 53.7 Å². The Morgan fingerprint density at radius 3 is 2.80 bits per heavy atom. The van der Waals surface area contributed by atoms with Crippen LogP contribution in [-0.2, 0) is 11.4 Å². The van der Waals surface area contributed by atoms with Crippen LogP contribution in [0.15, 0.2) is 79.9 Å². The molecule has 4 rings (SSSR count). The van der Waals surface area contributed by atoms with Crippen molar-refractivity contribution in [3.8, 4) is 11.5 Å². The topological polar surface area (TPSA) is 86.0 Å². The summed E-state index contributed by atoms with van der Waals surface area (Å²) >= 11 is 11.0. The predicted molar refractivity (Wildman–Crippen MR) is 142 cm³/mol. The van der Waals surface area contributed by atoms with Crippen LogP contribution in [0, 0.1) is 0 Å². The molecule has 0 saturated heterocycles. The first-order chi connectivity index (χ1) is 17.0. The summed E-state index contributed by atoms with van der Waals surface area (Å²) < 4.78 is 18.0. The highest BCUT2D eigenvalue weighted by atomic mass is 79.9. The van der Waals surface area contributed by atoms with Gasteiger partial charge >= 0.3 is 0 Å². The van der Waals surface area contributed by atoms with Crippen LogP contribution in [0.3, 0.4) is 0 Å². The molecule has 0 atom stereocenters. The van der Waals surface area contributed by atoms with Gasteiger partial charge in [0.05, 0.1) is 23.0 Å². The average molecular weight is 575 g/mol. The SMILES string of the molecule is CCOc1cc(/C=N\NC(=O)CSc2nc3ccccc3o2)cc(Br)c1OCc1ccccc1Cl. The van der Waals surface area contributed by atoms with Crippen molar-refractivity contribution in [2.75, 3.05) is 12.4 Å². The fourth-order valence-electron chi connectivity index (χ4n) is 3.08. The smallest absolute Gasteiger partial charge is 0.257 e. The Morgan fingerprint density at radius 2 is 2.00 bits per heavy atom. The Hall–Kier alpha value is -3.01. The number of aromatic nitrogens is 1. The Labute approximate surface area is 220 Å². The van der Waals surface area contributed by atoms with E-state index in [1.165, 1.54) is 18.0 Å². The van der Waals surface area contributed by atoms with Crippen LogP contribution in [0.25, 0.3) is 11.1 Å². The molecular weight excluding hydrogens is 554 g/mol. The number of amides is 1. The molecule has 0 saturated carbocycles. The van der Waals surface area contributed by atoms with Crippen molar-refractivity contribution in [2.45, 2.75) is 18.8 Å². The number of halogens is 2. The maximum atomic E-state index is 12.2. The summed E-state index contributed by atoms with van der Waals surface area (Å²) in [6.07, 6.45) is 1.53. The summed E-state index contributed by atoms with van der Waals surface area (Å²) in [5, 5.41) is 5.12. The summed E-state index contributed by atoms with van der Waals surface area (Å²) in [7, 11) is 0. The second kappa shape index (κ2) is 12.1. The first-order valence-electron chi connectivity index (χ1n) is 10.7. The second-order valence-corrected chi connectivity index (χ2v) is 9.36. The number of para-hydroxylation sites is 2. The van der Waals surface area contributed by atoms with Crippen LogP contribution in [-0.4, -0.2) is 29.5 Å². The Kier molecular flexibility index (Phi) is 8.68. The molecule has 0 unspecified atom stereocenters. The summed E-state index contributed by atoms with van der Waals surface area (Å²) in [4.78, 5) is 16.5. The monoisotopic (exact) mass is 573 g/mol. The van der Waals surface area contributed by atoms with Crippen molar-refractivity contribution in [1.29, 1.82) is 0 Å². The lowest BCUT2D eigenvalue weighted by Crippen LogP contribution is -2.19. The van der Waals surface area contributed by atoms with E-state index in [1.54, 1.807) is 6.07 Å². The Bertz CT molecular complexity index is 1330. The molecular formula is C25H21BrClN3O4S. The van der Waals surface area contributed by atoms with Crippen LogP contribution in [0.4, 0.5) is 0 Å². The molecule has 10 heteroatoms. The third-order valence-electron chi connectivity index (χ3n) is 4.67. The quantitative estimate of drug-likeness (QED) is 0.133. The van der Waals surface area contributed by atoms with Gasteiger partial charge in [0, 0.05) is 10.6 Å². The lowest BCUT2D eigenvalue weighted by atomic mass is 10.2. The van der Waals surface area contributed by atoms with E-state index in [0.717, 1.165) is 16.6 Å². The molecule has 0 aliphatic rings. The zero-order valence-electron chi connectivity index (χ0n) is 18.7. The number of hydrazone groups is 1. The molecule has 0 aliphatic heterocycles. The lowest BCUT2D eigenvalue weighted by molar-refractivity contribution is -0.118. The number of carbonyl (C=O) groups excluding carboxylic acids is 1. The molecule has 7 nitrogen and oxygen atoms in total. The van der Waals surface area contributed by atoms with E-state index in [9.17, 15) is 4.79 Å². The number of ether oxygens (including phenoxy) is 2. The van der Waals surface area contributed by atoms with Gasteiger partial charge in [0.15, 0.2) is 17.1 Å². The van der Waals surface area contributed by atoms with Crippen molar-refractivity contribution in [1.82, 2.24) is 10.4 Å². The second-order valence-electron chi connectivity index (χ2n) is 7.17. The van der Waals surface area contributed by atoms with Crippen molar-refractivity contribution >= 4 is 62.5 Å². The van der Waals surface area contributed by atoms with Gasteiger partial charge in [0.1, 0.15) is 12.1 Å². The van der Waals surface area contributed by atoms with Crippen molar-refractivity contribution in [3.63, 3.8) is 0 Å². The summed E-state index contributed by atoms with van der Waals surface area (Å²) in [6, 6.07) is 18.6. The van der Waals surface area contributed by atoms with E-state index in [4.69, 9.17) is 25.5 Å². The van der Waals surface area contributed by atoms with Gasteiger partial charge in [-0.05, 0) is 58.7 Å². The molecule has 180 valence electrons. The molecule has 0 radical (unpaired) electrons. The van der Waals surface area contributed by atoms with E-state index in [2.05, 4.69) is 31.4 Å². The molecule has 0 bridgehead atoms. The highest BCUT2D eigenvalue weighted by Crippen LogP contribution is 2.37. The zero-order valence-corrected chi connectivity index (χ0v) is 21.8. The van der Waals surface area contributed by atoms with Gasteiger partial charge < -0.3 is 13.9 Å². The first-order valence-corrected chi connectivity index (χ1v) is 12.8. The van der Waals surface area contributed by atoms with Crippen LogP contribution < -0.4 is 14.9 Å². The molecule has 1 amide bonds. The number of oxazole rings is 1. The fraction of sp³-hybridized carbons (Fsp3) is 0.160. The minimum Gasteiger partial charge on any atom is -0.490 e. The molecule has 4 aromatic rings. The van der Waals surface area contributed by atoms with Gasteiger partial charge in [-0.15, -0.1) is 0 Å². The van der Waals surface area contributed by atoms with Gasteiger partial charge in [-0.2, -0.15) is 5.10 Å². The number of benzene rings is 3. The first kappa shape index (κ1) is 25.1. The van der Waals surface area contributed by atoms with Gasteiger partial charge in [0.2, 0.25) is 0 Å². The third-order valence-corrected chi connectivity index (χ3v) is 6.45. The van der Waals surface area contributed by atoms with Crippen molar-refractivity contribution in [3.05, 3.63) is 81.3 Å². The Morgan fingerprint density at radius 1 is 1.20 bits per heavy atom. The van der Waals surface area contributed by atoms with E-state index in [0.29, 0.717) is 45.0 Å². The summed E-state index contributed by atoms with van der Waals surface area (Å²) in [6.45, 7) is 2.64. The number of nitrogens with one attached hydrogen (secondary N) is 1. The molecule has 3 aromatic carbocycles. The number of nitrogens with zero attached hydrogens (tertiary/aromatic N) is 2. The number of fused-ring (bicyclic) bond motifs is 1. The third kappa shape index (κ3) is 6.78. The van der Waals surface area contributed by atoms with Gasteiger partial charge in [0.25, 0.3) is 11.1 Å².